The van der Waals surface area contributed by atoms with Crippen molar-refractivity contribution in [1.29, 1.82) is 0 Å². The molecule has 0 aliphatic carbocycles. The zero-order chi connectivity index (χ0) is 17.9. The van der Waals surface area contributed by atoms with Crippen molar-refractivity contribution in [2.75, 3.05) is 13.1 Å². The first-order valence-electron chi connectivity index (χ1n) is 8.98. The van der Waals surface area contributed by atoms with Crippen LogP contribution in [0.15, 0.2) is 36.7 Å². The Morgan fingerprint density at radius 2 is 1.80 bits per heavy atom. The lowest BCUT2D eigenvalue weighted by Crippen LogP contribution is -2.29. The average molecular weight is 343 g/mol. The van der Waals surface area contributed by atoms with Crippen LogP contribution >= 0.6 is 0 Å². The summed E-state index contributed by atoms with van der Waals surface area (Å²) in [6, 6.07) is 6.24. The number of rotatable bonds is 4. The van der Waals surface area contributed by atoms with Crippen molar-refractivity contribution >= 4 is 0 Å². The molecule has 0 radical (unpaired) electrons. The van der Waals surface area contributed by atoms with E-state index in [1.165, 1.54) is 12.1 Å². The van der Waals surface area contributed by atoms with E-state index in [4.69, 9.17) is 0 Å². The van der Waals surface area contributed by atoms with Crippen LogP contribution in [0.1, 0.15) is 56.0 Å². The van der Waals surface area contributed by atoms with E-state index in [2.05, 4.69) is 28.7 Å². The molecule has 2 heterocycles. The predicted octanol–water partition coefficient (Wildman–Crippen LogP) is 3.61. The van der Waals surface area contributed by atoms with Crippen LogP contribution < -0.4 is 0 Å². The molecule has 1 fully saturated rings. The van der Waals surface area contributed by atoms with E-state index >= 15 is 0 Å². The summed E-state index contributed by atoms with van der Waals surface area (Å²) < 4.78 is 13.1. The van der Waals surface area contributed by atoms with Gasteiger partial charge in [-0.25, -0.2) is 14.4 Å². The average Bonchev–Trinajstić information content (AvgIpc) is 2.79. The van der Waals surface area contributed by atoms with Crippen molar-refractivity contribution in [1.82, 2.24) is 14.9 Å². The van der Waals surface area contributed by atoms with Crippen molar-refractivity contribution in [2.45, 2.75) is 51.2 Å². The van der Waals surface area contributed by atoms with Crippen LogP contribution in [0.5, 0.6) is 0 Å². The minimum atomic E-state index is -0.875. The molecule has 25 heavy (non-hydrogen) atoms. The van der Waals surface area contributed by atoms with Gasteiger partial charge in [0.15, 0.2) is 0 Å². The lowest BCUT2D eigenvalue weighted by Gasteiger charge is -2.27. The zero-order valence-electron chi connectivity index (χ0n) is 15.0. The van der Waals surface area contributed by atoms with Gasteiger partial charge in [0.25, 0.3) is 0 Å². The number of hydrogen-bond acceptors (Lipinski definition) is 4. The molecule has 1 N–H and O–H groups in total. The summed E-state index contributed by atoms with van der Waals surface area (Å²) in [7, 11) is 0. The third-order valence-corrected chi connectivity index (χ3v) is 4.94. The number of aromatic nitrogens is 2. The molecule has 1 aliphatic heterocycles. The van der Waals surface area contributed by atoms with Gasteiger partial charge >= 0.3 is 0 Å². The Morgan fingerprint density at radius 1 is 1.12 bits per heavy atom. The van der Waals surface area contributed by atoms with Gasteiger partial charge in [-0.1, -0.05) is 26.0 Å². The molecule has 1 aromatic carbocycles. The van der Waals surface area contributed by atoms with Crippen LogP contribution in [-0.4, -0.2) is 33.1 Å². The highest BCUT2D eigenvalue weighted by atomic mass is 19.1. The first kappa shape index (κ1) is 18.0. The highest BCUT2D eigenvalue weighted by molar-refractivity contribution is 5.23. The molecule has 1 atom stereocenters. The van der Waals surface area contributed by atoms with E-state index in [1.54, 1.807) is 12.1 Å². The summed E-state index contributed by atoms with van der Waals surface area (Å²) in [5.41, 5.74) is 1.03. The Morgan fingerprint density at radius 3 is 2.44 bits per heavy atom. The Bertz CT molecular complexity index is 687. The maximum Gasteiger partial charge on any atom is 0.130 e. The number of aliphatic hydroxyl groups is 1. The summed E-state index contributed by atoms with van der Waals surface area (Å²) in [4.78, 5) is 11.2. The van der Waals surface area contributed by atoms with Gasteiger partial charge in [-0.05, 0) is 43.5 Å². The molecule has 0 bridgehead atoms. The molecule has 0 spiro atoms. The van der Waals surface area contributed by atoms with Gasteiger partial charge in [0, 0.05) is 37.0 Å². The lowest BCUT2D eigenvalue weighted by atomic mass is 9.87. The SMILES string of the molecule is CC(C)c1ncc(CN2CCCC(O)(c3ccc(F)cc3)CC2)cn1. The quantitative estimate of drug-likeness (QED) is 0.921. The summed E-state index contributed by atoms with van der Waals surface area (Å²) >= 11 is 0. The van der Waals surface area contributed by atoms with E-state index in [0.29, 0.717) is 18.8 Å². The molecular formula is C20H26FN3O. The second kappa shape index (κ2) is 7.58. The van der Waals surface area contributed by atoms with Gasteiger partial charge in [-0.2, -0.15) is 0 Å². The van der Waals surface area contributed by atoms with Crippen LogP contribution in [0.4, 0.5) is 4.39 Å². The third kappa shape index (κ3) is 4.41. The highest BCUT2D eigenvalue weighted by Crippen LogP contribution is 2.33. The molecular weight excluding hydrogens is 317 g/mol. The molecule has 4 nitrogen and oxygen atoms in total. The van der Waals surface area contributed by atoms with E-state index in [9.17, 15) is 9.50 Å². The van der Waals surface area contributed by atoms with Crippen LogP contribution in [-0.2, 0) is 12.1 Å². The molecule has 3 rings (SSSR count). The van der Waals surface area contributed by atoms with Gasteiger partial charge < -0.3 is 5.11 Å². The van der Waals surface area contributed by atoms with Crippen molar-refractivity contribution in [3.05, 3.63) is 59.4 Å². The number of halogens is 1. The molecule has 0 amide bonds. The van der Waals surface area contributed by atoms with Gasteiger partial charge in [0.1, 0.15) is 11.6 Å². The fourth-order valence-electron chi connectivity index (χ4n) is 3.38. The highest BCUT2D eigenvalue weighted by Gasteiger charge is 2.31. The maximum absolute atomic E-state index is 13.1. The van der Waals surface area contributed by atoms with Gasteiger partial charge in [0.2, 0.25) is 0 Å². The van der Waals surface area contributed by atoms with Gasteiger partial charge in [-0.15, -0.1) is 0 Å². The molecule has 0 saturated carbocycles. The van der Waals surface area contributed by atoms with Gasteiger partial charge in [0.05, 0.1) is 5.60 Å². The summed E-state index contributed by atoms with van der Waals surface area (Å²) in [5.74, 6) is 0.927. The number of benzene rings is 1. The normalized spacial score (nSPS) is 22.1. The molecule has 1 aliphatic rings. The van der Waals surface area contributed by atoms with Crippen molar-refractivity contribution in [3.8, 4) is 0 Å². The number of likely N-dealkylation sites (tertiary alicyclic amines) is 1. The Hall–Kier alpha value is -1.85. The standard InChI is InChI=1S/C20H26FN3O/c1-15(2)19-22-12-16(13-23-19)14-24-10-3-8-20(25,9-11-24)17-4-6-18(21)7-5-17/h4-7,12-13,15,25H,3,8-11,14H2,1-2H3. The van der Waals surface area contributed by atoms with E-state index < -0.39 is 5.60 Å². The van der Waals surface area contributed by atoms with E-state index in [-0.39, 0.29) is 5.82 Å². The summed E-state index contributed by atoms with van der Waals surface area (Å²) in [5, 5.41) is 11.0. The van der Waals surface area contributed by atoms with Crippen molar-refractivity contribution in [2.24, 2.45) is 0 Å². The number of hydrogen-bond donors (Lipinski definition) is 1. The van der Waals surface area contributed by atoms with Gasteiger partial charge in [-0.3, -0.25) is 4.90 Å². The fourth-order valence-corrected chi connectivity index (χ4v) is 3.38. The van der Waals surface area contributed by atoms with E-state index in [0.717, 1.165) is 43.0 Å². The summed E-state index contributed by atoms with van der Waals surface area (Å²) in [6.45, 7) is 6.67. The smallest absolute Gasteiger partial charge is 0.130 e. The molecule has 134 valence electrons. The van der Waals surface area contributed by atoms with Crippen LogP contribution in [0.2, 0.25) is 0 Å². The Balaban J connectivity index is 1.64. The monoisotopic (exact) mass is 343 g/mol. The first-order chi connectivity index (χ1) is 12.0. The van der Waals surface area contributed by atoms with Crippen molar-refractivity contribution < 1.29 is 9.50 Å². The Labute approximate surface area is 148 Å². The first-order valence-corrected chi connectivity index (χ1v) is 8.98. The lowest BCUT2D eigenvalue weighted by molar-refractivity contribution is 0.0209. The van der Waals surface area contributed by atoms with Crippen molar-refractivity contribution in [3.63, 3.8) is 0 Å². The van der Waals surface area contributed by atoms with Crippen LogP contribution in [0.25, 0.3) is 0 Å². The molecule has 1 unspecified atom stereocenters. The van der Waals surface area contributed by atoms with E-state index in [1.807, 2.05) is 12.4 Å². The molecule has 1 saturated heterocycles. The largest absolute Gasteiger partial charge is 0.385 e. The predicted molar refractivity (Wildman–Crippen MR) is 95.5 cm³/mol. The van der Waals surface area contributed by atoms with Crippen LogP contribution in [0.3, 0.4) is 0 Å². The second-order valence-electron chi connectivity index (χ2n) is 7.27. The minimum absolute atomic E-state index is 0.271. The molecule has 1 aromatic heterocycles. The van der Waals surface area contributed by atoms with Crippen LogP contribution in [0, 0.1) is 5.82 Å². The second-order valence-corrected chi connectivity index (χ2v) is 7.27. The maximum atomic E-state index is 13.1. The molecule has 2 aromatic rings. The third-order valence-electron chi connectivity index (χ3n) is 4.94. The topological polar surface area (TPSA) is 49.2 Å². The molecule has 5 heteroatoms. The zero-order valence-corrected chi connectivity index (χ0v) is 15.0. The number of nitrogens with zero attached hydrogens (tertiary/aromatic N) is 3. The summed E-state index contributed by atoms with van der Waals surface area (Å²) in [6.07, 6.45) is 6.04. The Kier molecular flexibility index (Phi) is 5.45. The minimum Gasteiger partial charge on any atom is -0.385 e. The fraction of sp³-hybridized carbons (Fsp3) is 0.500.